The summed E-state index contributed by atoms with van der Waals surface area (Å²) in [5, 5.41) is 8.81. The van der Waals surface area contributed by atoms with E-state index < -0.39 is 11.9 Å². The van der Waals surface area contributed by atoms with Crippen molar-refractivity contribution in [1.82, 2.24) is 4.90 Å². The molecule has 5 heteroatoms. The fraction of sp³-hybridized carbons (Fsp3) is 0.429. The quantitative estimate of drug-likeness (QED) is 0.817. The molecule has 0 radical (unpaired) electrons. The highest BCUT2D eigenvalue weighted by Crippen LogP contribution is 2.14. The highest BCUT2D eigenvalue weighted by atomic mass is 16.4. The molecular formula is C14H20N2O3. The Morgan fingerprint density at radius 3 is 2.11 bits per heavy atom. The molecule has 0 heterocycles. The van der Waals surface area contributed by atoms with E-state index in [1.807, 2.05) is 43.3 Å². The van der Waals surface area contributed by atoms with Crippen molar-refractivity contribution in [3.63, 3.8) is 0 Å². The Morgan fingerprint density at radius 2 is 1.68 bits per heavy atom. The molecule has 0 fully saturated rings. The minimum Gasteiger partial charge on any atom is -0.481 e. The van der Waals surface area contributed by atoms with Crippen LogP contribution < -0.4 is 4.90 Å². The van der Waals surface area contributed by atoms with Gasteiger partial charge in [-0.25, -0.2) is 0 Å². The summed E-state index contributed by atoms with van der Waals surface area (Å²) in [6.45, 7) is 1.81. The zero-order valence-corrected chi connectivity index (χ0v) is 11.8. The summed E-state index contributed by atoms with van der Waals surface area (Å²) in [5.74, 6) is -2.49. The van der Waals surface area contributed by atoms with Gasteiger partial charge < -0.3 is 14.9 Å². The molecule has 1 aromatic rings. The van der Waals surface area contributed by atoms with Gasteiger partial charge in [-0.3, -0.25) is 9.59 Å². The van der Waals surface area contributed by atoms with E-state index in [4.69, 9.17) is 5.11 Å². The first-order valence-corrected chi connectivity index (χ1v) is 6.07. The second kappa shape index (κ2) is 6.22. The number of anilines is 1. The maximum absolute atomic E-state index is 11.8. The van der Waals surface area contributed by atoms with Crippen molar-refractivity contribution in [3.05, 3.63) is 29.8 Å². The third-order valence-corrected chi connectivity index (χ3v) is 2.99. The van der Waals surface area contributed by atoms with E-state index in [9.17, 15) is 9.59 Å². The van der Waals surface area contributed by atoms with E-state index in [2.05, 4.69) is 0 Å². The number of carboxylic acid groups (broad SMARTS) is 1. The standard InChI is InChI=1S/C14H20N2O3/c1-10(14(18)19)13(17)16(4)9-11-5-7-12(8-6-11)15(2)3/h5-8,10H,9H2,1-4H3,(H,18,19). The van der Waals surface area contributed by atoms with Crippen molar-refractivity contribution in [2.75, 3.05) is 26.0 Å². The molecule has 104 valence electrons. The van der Waals surface area contributed by atoms with Gasteiger partial charge in [0.05, 0.1) is 0 Å². The number of carboxylic acids is 1. The van der Waals surface area contributed by atoms with Gasteiger partial charge in [0.25, 0.3) is 0 Å². The molecule has 0 saturated carbocycles. The second-order valence-corrected chi connectivity index (χ2v) is 4.82. The number of amides is 1. The molecule has 0 spiro atoms. The summed E-state index contributed by atoms with van der Waals surface area (Å²) in [6.07, 6.45) is 0. The van der Waals surface area contributed by atoms with Crippen LogP contribution in [0.5, 0.6) is 0 Å². The minimum atomic E-state index is -1.10. The normalized spacial score (nSPS) is 11.8. The summed E-state index contributed by atoms with van der Waals surface area (Å²) >= 11 is 0. The number of hydrogen-bond donors (Lipinski definition) is 1. The topological polar surface area (TPSA) is 60.9 Å². The third-order valence-electron chi connectivity index (χ3n) is 2.99. The van der Waals surface area contributed by atoms with Gasteiger partial charge in [0, 0.05) is 33.4 Å². The first-order chi connectivity index (χ1) is 8.82. The number of benzene rings is 1. The Kier molecular flexibility index (Phi) is 4.92. The molecule has 0 aliphatic carbocycles. The van der Waals surface area contributed by atoms with Gasteiger partial charge in [-0.15, -0.1) is 0 Å². The van der Waals surface area contributed by atoms with Crippen LogP contribution in [0.3, 0.4) is 0 Å². The molecule has 0 bridgehead atoms. The van der Waals surface area contributed by atoms with Crippen LogP contribution in [-0.2, 0) is 16.1 Å². The average molecular weight is 264 g/mol. The Labute approximate surface area is 113 Å². The van der Waals surface area contributed by atoms with Crippen LogP contribution >= 0.6 is 0 Å². The number of rotatable bonds is 5. The third kappa shape index (κ3) is 3.98. The van der Waals surface area contributed by atoms with Crippen LogP contribution in [-0.4, -0.2) is 43.0 Å². The monoisotopic (exact) mass is 264 g/mol. The van der Waals surface area contributed by atoms with Gasteiger partial charge in [-0.05, 0) is 24.6 Å². The van der Waals surface area contributed by atoms with Gasteiger partial charge in [0.1, 0.15) is 5.92 Å². The molecule has 1 unspecified atom stereocenters. The van der Waals surface area contributed by atoms with Gasteiger partial charge in [-0.1, -0.05) is 12.1 Å². The van der Waals surface area contributed by atoms with Crippen molar-refractivity contribution in [3.8, 4) is 0 Å². The lowest BCUT2D eigenvalue weighted by Crippen LogP contribution is -2.34. The molecular weight excluding hydrogens is 244 g/mol. The number of hydrogen-bond acceptors (Lipinski definition) is 3. The first kappa shape index (κ1) is 15.0. The molecule has 1 aromatic carbocycles. The molecule has 0 aromatic heterocycles. The number of carbonyl (C=O) groups excluding carboxylic acids is 1. The van der Waals surface area contributed by atoms with Crippen molar-refractivity contribution < 1.29 is 14.7 Å². The van der Waals surface area contributed by atoms with E-state index in [0.29, 0.717) is 6.54 Å². The molecule has 1 amide bonds. The van der Waals surface area contributed by atoms with E-state index in [1.54, 1.807) is 7.05 Å². The number of aliphatic carboxylic acids is 1. The Bertz CT molecular complexity index is 454. The van der Waals surface area contributed by atoms with E-state index in [0.717, 1.165) is 11.3 Å². The molecule has 1 N–H and O–H groups in total. The Morgan fingerprint density at radius 1 is 1.16 bits per heavy atom. The van der Waals surface area contributed by atoms with Crippen LogP contribution in [0, 0.1) is 5.92 Å². The predicted octanol–water partition coefficient (Wildman–Crippen LogP) is 1.43. The maximum atomic E-state index is 11.8. The van der Waals surface area contributed by atoms with Crippen molar-refractivity contribution in [2.45, 2.75) is 13.5 Å². The van der Waals surface area contributed by atoms with Gasteiger partial charge >= 0.3 is 5.97 Å². The summed E-state index contributed by atoms with van der Waals surface area (Å²) in [6, 6.07) is 7.80. The second-order valence-electron chi connectivity index (χ2n) is 4.82. The zero-order valence-electron chi connectivity index (χ0n) is 11.8. The van der Waals surface area contributed by atoms with E-state index in [-0.39, 0.29) is 5.91 Å². The molecule has 0 aliphatic heterocycles. The van der Waals surface area contributed by atoms with Crippen molar-refractivity contribution in [2.24, 2.45) is 5.92 Å². The minimum absolute atomic E-state index is 0.385. The average Bonchev–Trinajstić information content (AvgIpc) is 2.37. The lowest BCUT2D eigenvalue weighted by Gasteiger charge is -2.20. The predicted molar refractivity (Wildman–Crippen MR) is 74.0 cm³/mol. The molecule has 0 aliphatic rings. The summed E-state index contributed by atoms with van der Waals surface area (Å²) in [7, 11) is 5.53. The zero-order chi connectivity index (χ0) is 14.6. The van der Waals surface area contributed by atoms with Gasteiger partial charge in [0.15, 0.2) is 0 Å². The van der Waals surface area contributed by atoms with Crippen molar-refractivity contribution >= 4 is 17.6 Å². The van der Waals surface area contributed by atoms with Crippen LogP contribution in [0.4, 0.5) is 5.69 Å². The van der Waals surface area contributed by atoms with Gasteiger partial charge in [-0.2, -0.15) is 0 Å². The smallest absolute Gasteiger partial charge is 0.315 e. The Balaban J connectivity index is 2.69. The maximum Gasteiger partial charge on any atom is 0.315 e. The van der Waals surface area contributed by atoms with Crippen LogP contribution in [0.15, 0.2) is 24.3 Å². The largest absolute Gasteiger partial charge is 0.481 e. The molecule has 1 atom stereocenters. The number of carbonyl (C=O) groups is 2. The highest BCUT2D eigenvalue weighted by Gasteiger charge is 2.23. The fourth-order valence-electron chi connectivity index (χ4n) is 1.69. The van der Waals surface area contributed by atoms with Crippen molar-refractivity contribution in [1.29, 1.82) is 0 Å². The molecule has 5 nitrogen and oxygen atoms in total. The van der Waals surface area contributed by atoms with Crippen LogP contribution in [0.25, 0.3) is 0 Å². The lowest BCUT2D eigenvalue weighted by molar-refractivity contribution is -0.149. The molecule has 19 heavy (non-hydrogen) atoms. The molecule has 0 saturated heterocycles. The summed E-state index contributed by atoms with van der Waals surface area (Å²) in [4.78, 5) is 26.0. The summed E-state index contributed by atoms with van der Waals surface area (Å²) in [5.41, 5.74) is 2.05. The van der Waals surface area contributed by atoms with E-state index >= 15 is 0 Å². The van der Waals surface area contributed by atoms with Crippen LogP contribution in [0.2, 0.25) is 0 Å². The SMILES string of the molecule is CC(C(=O)O)C(=O)N(C)Cc1ccc(N(C)C)cc1. The number of nitrogens with zero attached hydrogens (tertiary/aromatic N) is 2. The van der Waals surface area contributed by atoms with E-state index in [1.165, 1.54) is 11.8 Å². The summed E-state index contributed by atoms with van der Waals surface area (Å²) < 4.78 is 0. The van der Waals surface area contributed by atoms with Gasteiger partial charge in [0.2, 0.25) is 5.91 Å². The van der Waals surface area contributed by atoms with Crippen LogP contribution in [0.1, 0.15) is 12.5 Å². The first-order valence-electron chi connectivity index (χ1n) is 6.07. The lowest BCUT2D eigenvalue weighted by atomic mass is 10.1. The Hall–Kier alpha value is -2.04. The molecule has 1 rings (SSSR count). The highest BCUT2D eigenvalue weighted by molar-refractivity contribution is 5.96. The fourth-order valence-corrected chi connectivity index (χ4v) is 1.69.